The van der Waals surface area contributed by atoms with Crippen LogP contribution < -0.4 is 10.9 Å². The van der Waals surface area contributed by atoms with Gasteiger partial charge in [0.1, 0.15) is 5.56 Å². The van der Waals surface area contributed by atoms with E-state index in [1.807, 2.05) is 54.6 Å². The van der Waals surface area contributed by atoms with Crippen LogP contribution in [0.3, 0.4) is 0 Å². The molecule has 0 aliphatic carbocycles. The van der Waals surface area contributed by atoms with E-state index in [-0.39, 0.29) is 5.56 Å². The number of rotatable bonds is 4. The zero-order valence-corrected chi connectivity index (χ0v) is 15.7. The Bertz CT molecular complexity index is 1230. The lowest BCUT2D eigenvalue weighted by molar-refractivity contribution is 0.0949. The van der Waals surface area contributed by atoms with Crippen molar-refractivity contribution in [2.75, 3.05) is 0 Å². The Balaban J connectivity index is 1.55. The van der Waals surface area contributed by atoms with E-state index >= 15 is 0 Å². The van der Waals surface area contributed by atoms with E-state index in [0.717, 1.165) is 21.9 Å². The molecule has 4 nitrogen and oxygen atoms in total. The Morgan fingerprint density at radius 3 is 2.50 bits per heavy atom. The van der Waals surface area contributed by atoms with Gasteiger partial charge in [0, 0.05) is 17.3 Å². The van der Waals surface area contributed by atoms with E-state index in [2.05, 4.69) is 10.3 Å². The molecule has 0 bridgehead atoms. The highest BCUT2D eigenvalue weighted by Gasteiger charge is 2.11. The fourth-order valence-electron chi connectivity index (χ4n) is 3.10. The molecule has 1 amide bonds. The summed E-state index contributed by atoms with van der Waals surface area (Å²) in [6.07, 6.45) is 0. The number of aromatic nitrogens is 1. The van der Waals surface area contributed by atoms with Crippen LogP contribution >= 0.6 is 11.6 Å². The van der Waals surface area contributed by atoms with Gasteiger partial charge in [-0.2, -0.15) is 0 Å². The molecular formula is C23H17ClN2O2. The summed E-state index contributed by atoms with van der Waals surface area (Å²) in [5.74, 6) is -0.425. The maximum atomic E-state index is 12.4. The number of amides is 1. The lowest BCUT2D eigenvalue weighted by Gasteiger charge is -2.07. The number of carbonyl (C=O) groups is 1. The Morgan fingerprint density at radius 1 is 0.893 bits per heavy atom. The zero-order valence-electron chi connectivity index (χ0n) is 14.9. The van der Waals surface area contributed by atoms with Crippen molar-refractivity contribution in [3.63, 3.8) is 0 Å². The van der Waals surface area contributed by atoms with Crippen LogP contribution in [0.15, 0.2) is 83.7 Å². The second-order valence-electron chi connectivity index (χ2n) is 6.49. The molecule has 138 valence electrons. The average molecular weight is 389 g/mol. The molecule has 1 aromatic heterocycles. The third-order valence-electron chi connectivity index (χ3n) is 4.56. The van der Waals surface area contributed by atoms with Crippen molar-refractivity contribution in [3.05, 3.63) is 105 Å². The number of benzene rings is 3. The highest BCUT2D eigenvalue weighted by atomic mass is 35.5. The summed E-state index contributed by atoms with van der Waals surface area (Å²) in [5, 5.41) is 5.57. The van der Waals surface area contributed by atoms with Gasteiger partial charge in [-0.1, -0.05) is 60.1 Å². The van der Waals surface area contributed by atoms with Crippen molar-refractivity contribution in [2.24, 2.45) is 0 Å². The fourth-order valence-corrected chi connectivity index (χ4v) is 3.32. The third kappa shape index (κ3) is 3.82. The number of aromatic amines is 1. The van der Waals surface area contributed by atoms with Crippen molar-refractivity contribution >= 4 is 28.3 Å². The maximum absolute atomic E-state index is 12.4. The van der Waals surface area contributed by atoms with Crippen molar-refractivity contribution in [3.8, 4) is 11.3 Å². The Hall–Kier alpha value is -3.37. The van der Waals surface area contributed by atoms with Crippen LogP contribution in [0.25, 0.3) is 22.0 Å². The number of halogens is 1. The van der Waals surface area contributed by atoms with E-state index in [4.69, 9.17) is 11.6 Å². The summed E-state index contributed by atoms with van der Waals surface area (Å²) in [6.45, 7) is 0.297. The van der Waals surface area contributed by atoms with Gasteiger partial charge in [0.25, 0.3) is 11.5 Å². The highest BCUT2D eigenvalue weighted by molar-refractivity contribution is 6.30. The first-order valence-corrected chi connectivity index (χ1v) is 9.23. The lowest BCUT2D eigenvalue weighted by Crippen LogP contribution is -2.29. The minimum absolute atomic E-state index is 0.0755. The summed E-state index contributed by atoms with van der Waals surface area (Å²) in [4.78, 5) is 27.6. The van der Waals surface area contributed by atoms with Crippen molar-refractivity contribution in [1.82, 2.24) is 10.3 Å². The molecule has 28 heavy (non-hydrogen) atoms. The van der Waals surface area contributed by atoms with Crippen LogP contribution in [-0.4, -0.2) is 10.9 Å². The Morgan fingerprint density at radius 2 is 1.71 bits per heavy atom. The quantitative estimate of drug-likeness (QED) is 0.528. The van der Waals surface area contributed by atoms with Gasteiger partial charge in [-0.15, -0.1) is 0 Å². The molecule has 0 unspecified atom stereocenters. The van der Waals surface area contributed by atoms with Crippen molar-refractivity contribution in [1.29, 1.82) is 0 Å². The number of nitrogens with one attached hydrogen (secondary N) is 2. The standard InChI is InChI=1S/C23H17ClN2O2/c24-19-7-3-4-15(12-19)14-25-22(27)20-10-11-21(26-23(20)28)18-9-8-16-5-1-2-6-17(16)13-18/h1-13H,14H2,(H,25,27)(H,26,28). The van der Waals surface area contributed by atoms with Gasteiger partial charge < -0.3 is 10.3 Å². The molecule has 2 N–H and O–H groups in total. The molecule has 3 aromatic carbocycles. The summed E-state index contributed by atoms with van der Waals surface area (Å²) in [7, 11) is 0. The number of carbonyl (C=O) groups excluding carboxylic acids is 1. The normalized spacial score (nSPS) is 10.8. The topological polar surface area (TPSA) is 62.0 Å². The van der Waals surface area contributed by atoms with Crippen LogP contribution in [-0.2, 0) is 6.54 Å². The molecule has 4 rings (SSSR count). The van der Waals surface area contributed by atoms with Gasteiger partial charge in [0.05, 0.1) is 0 Å². The van der Waals surface area contributed by atoms with Gasteiger partial charge in [0.15, 0.2) is 0 Å². The molecule has 5 heteroatoms. The van der Waals surface area contributed by atoms with Crippen molar-refractivity contribution < 1.29 is 4.79 Å². The molecule has 4 aromatic rings. The molecule has 0 saturated carbocycles. The van der Waals surface area contributed by atoms with Gasteiger partial charge in [-0.25, -0.2) is 0 Å². The smallest absolute Gasteiger partial charge is 0.261 e. The minimum Gasteiger partial charge on any atom is -0.348 e. The van der Waals surface area contributed by atoms with Crippen LogP contribution in [0.5, 0.6) is 0 Å². The van der Waals surface area contributed by atoms with Gasteiger partial charge >= 0.3 is 0 Å². The van der Waals surface area contributed by atoms with Crippen LogP contribution in [0, 0.1) is 0 Å². The van der Waals surface area contributed by atoms with E-state index in [1.165, 1.54) is 0 Å². The van der Waals surface area contributed by atoms with Gasteiger partial charge in [0.2, 0.25) is 0 Å². The van der Waals surface area contributed by atoms with E-state index in [1.54, 1.807) is 24.3 Å². The first-order chi connectivity index (χ1) is 13.6. The SMILES string of the molecule is O=C(NCc1cccc(Cl)c1)c1ccc(-c2ccc3ccccc3c2)[nH]c1=O. The third-order valence-corrected chi connectivity index (χ3v) is 4.79. The molecule has 0 fully saturated rings. The largest absolute Gasteiger partial charge is 0.348 e. The highest BCUT2D eigenvalue weighted by Crippen LogP contribution is 2.22. The predicted molar refractivity (Wildman–Crippen MR) is 113 cm³/mol. The van der Waals surface area contributed by atoms with Gasteiger partial charge in [-0.05, 0) is 52.2 Å². The molecule has 0 saturated heterocycles. The number of hydrogen-bond donors (Lipinski definition) is 2. The zero-order chi connectivity index (χ0) is 19.5. The number of hydrogen-bond acceptors (Lipinski definition) is 2. The fraction of sp³-hybridized carbons (Fsp3) is 0.0435. The van der Waals surface area contributed by atoms with E-state index < -0.39 is 11.5 Å². The number of fused-ring (bicyclic) bond motifs is 1. The van der Waals surface area contributed by atoms with Crippen LogP contribution in [0.1, 0.15) is 15.9 Å². The van der Waals surface area contributed by atoms with Crippen LogP contribution in [0.4, 0.5) is 0 Å². The van der Waals surface area contributed by atoms with Crippen LogP contribution in [0.2, 0.25) is 5.02 Å². The summed E-state index contributed by atoms with van der Waals surface area (Å²) in [5.41, 5.74) is 2.08. The Kier molecular flexibility index (Phi) is 4.96. The minimum atomic E-state index is -0.425. The predicted octanol–water partition coefficient (Wildman–Crippen LogP) is 4.78. The monoisotopic (exact) mass is 388 g/mol. The first kappa shape index (κ1) is 18.0. The number of H-pyrrole nitrogens is 1. The lowest BCUT2D eigenvalue weighted by atomic mass is 10.0. The van der Waals surface area contributed by atoms with Gasteiger partial charge in [-0.3, -0.25) is 9.59 Å². The van der Waals surface area contributed by atoms with E-state index in [9.17, 15) is 9.59 Å². The van der Waals surface area contributed by atoms with E-state index in [0.29, 0.717) is 17.3 Å². The maximum Gasteiger partial charge on any atom is 0.261 e. The molecule has 0 spiro atoms. The summed E-state index contributed by atoms with van der Waals surface area (Å²) < 4.78 is 0. The molecule has 0 atom stereocenters. The average Bonchev–Trinajstić information content (AvgIpc) is 2.71. The molecule has 0 aliphatic heterocycles. The molecule has 0 aliphatic rings. The molecular weight excluding hydrogens is 372 g/mol. The van der Waals surface area contributed by atoms with Crippen molar-refractivity contribution in [2.45, 2.75) is 6.54 Å². The number of pyridine rings is 1. The summed E-state index contributed by atoms with van der Waals surface area (Å²) in [6, 6.07) is 24.5. The molecule has 0 radical (unpaired) electrons. The second-order valence-corrected chi connectivity index (χ2v) is 6.93. The first-order valence-electron chi connectivity index (χ1n) is 8.85. The summed E-state index contributed by atoms with van der Waals surface area (Å²) >= 11 is 5.95. The second kappa shape index (κ2) is 7.71. The molecule has 1 heterocycles. The Labute approximate surface area is 166 Å².